The molecule has 0 saturated heterocycles. The summed E-state index contributed by atoms with van der Waals surface area (Å²) in [5.41, 5.74) is 2.34. The molecule has 0 unspecified atom stereocenters. The van der Waals surface area contributed by atoms with E-state index in [1.807, 2.05) is 64.1 Å². The zero-order valence-corrected chi connectivity index (χ0v) is 23.5. The molecule has 0 bridgehead atoms. The van der Waals surface area contributed by atoms with E-state index in [1.54, 1.807) is 36.4 Å². The smallest absolute Gasteiger partial charge is 0.249 e. The number of hydrogen-bond donors (Lipinski definition) is 1. The number of carbonyl (C=O) groups excluding carboxylic acids is 3. The number of fused-ring (bicyclic) bond motifs is 1. The maximum atomic E-state index is 14.2. The number of para-hydroxylation sites is 2. The lowest BCUT2D eigenvalue weighted by Crippen LogP contribution is -2.51. The van der Waals surface area contributed by atoms with Gasteiger partial charge in [-0.1, -0.05) is 42.5 Å². The molecule has 0 aliphatic carbocycles. The Hall–Kier alpha value is -4.53. The molecule has 9 heteroatoms. The number of aromatic nitrogens is 3. The molecule has 0 aliphatic rings. The average Bonchev–Trinajstić information content (AvgIpc) is 3.34. The second-order valence-electron chi connectivity index (χ2n) is 10.2. The zero-order chi connectivity index (χ0) is 28.9. The topological polar surface area (TPSA) is 106 Å². The molecule has 3 aromatic carbocycles. The molecule has 1 atom stereocenters. The van der Waals surface area contributed by atoms with Gasteiger partial charge in [0.25, 0.3) is 0 Å². The summed E-state index contributed by atoms with van der Waals surface area (Å²) >= 11 is 0. The first-order valence-electron chi connectivity index (χ1n) is 13.4. The molecule has 4 aromatic rings. The third-order valence-electron chi connectivity index (χ3n) is 6.89. The summed E-state index contributed by atoms with van der Waals surface area (Å²) in [6.45, 7) is 9.44. The van der Waals surface area contributed by atoms with Crippen molar-refractivity contribution in [2.75, 3.05) is 11.5 Å². The Morgan fingerprint density at radius 1 is 0.975 bits per heavy atom. The quantitative estimate of drug-likeness (QED) is 0.265. The summed E-state index contributed by atoms with van der Waals surface area (Å²) in [6.07, 6.45) is 0.685. The van der Waals surface area contributed by atoms with Gasteiger partial charge in [0, 0.05) is 22.4 Å². The lowest BCUT2D eigenvalue weighted by atomic mass is 9.97. The Morgan fingerprint density at radius 2 is 1.65 bits per heavy atom. The summed E-state index contributed by atoms with van der Waals surface area (Å²) in [5, 5.41) is 11.5. The van der Waals surface area contributed by atoms with E-state index in [1.165, 1.54) is 16.5 Å². The standard InChI is InChI=1S/C31H35N5O4/c1-6-31(4,5)32-30(39)29(24-12-8-11-15-27(24)40-7-2)36(23-18-16-22(17-19-23)21(3)37)28(38)20-35-26-14-10-9-13-25(26)33-34-35/h8-19,29H,6-7,20H2,1-5H3,(H,32,39)/t29-/m0/s1. The van der Waals surface area contributed by atoms with Crippen LogP contribution in [0.4, 0.5) is 5.69 Å². The Balaban J connectivity index is 1.88. The molecule has 1 heterocycles. The highest BCUT2D eigenvalue weighted by atomic mass is 16.5. The number of ketones is 1. The van der Waals surface area contributed by atoms with Crippen LogP contribution in [0, 0.1) is 0 Å². The number of hydrogen-bond acceptors (Lipinski definition) is 6. The highest BCUT2D eigenvalue weighted by Gasteiger charge is 2.37. The van der Waals surface area contributed by atoms with Crippen molar-refractivity contribution in [3.63, 3.8) is 0 Å². The van der Waals surface area contributed by atoms with E-state index in [2.05, 4.69) is 15.6 Å². The fourth-order valence-electron chi connectivity index (χ4n) is 4.41. The van der Waals surface area contributed by atoms with E-state index >= 15 is 0 Å². The van der Waals surface area contributed by atoms with Crippen LogP contribution >= 0.6 is 0 Å². The van der Waals surface area contributed by atoms with E-state index in [-0.39, 0.29) is 24.1 Å². The van der Waals surface area contributed by atoms with Crippen LogP contribution in [-0.4, -0.2) is 44.7 Å². The summed E-state index contributed by atoms with van der Waals surface area (Å²) in [4.78, 5) is 41.8. The molecule has 2 amide bonds. The summed E-state index contributed by atoms with van der Waals surface area (Å²) in [7, 11) is 0. The Bertz CT molecular complexity index is 1510. The maximum Gasteiger partial charge on any atom is 0.249 e. The molecule has 0 fully saturated rings. The van der Waals surface area contributed by atoms with Crippen molar-refractivity contribution < 1.29 is 19.1 Å². The van der Waals surface area contributed by atoms with Gasteiger partial charge in [-0.3, -0.25) is 19.3 Å². The third-order valence-corrected chi connectivity index (χ3v) is 6.89. The lowest BCUT2D eigenvalue weighted by molar-refractivity contribution is -0.128. The summed E-state index contributed by atoms with van der Waals surface area (Å²) in [6, 6.07) is 20.2. The maximum absolute atomic E-state index is 14.2. The molecule has 40 heavy (non-hydrogen) atoms. The van der Waals surface area contributed by atoms with E-state index in [4.69, 9.17) is 4.74 Å². The van der Waals surface area contributed by atoms with Crippen molar-refractivity contribution in [3.8, 4) is 5.75 Å². The van der Waals surface area contributed by atoms with Crippen LogP contribution in [0.15, 0.2) is 72.8 Å². The van der Waals surface area contributed by atoms with Crippen LogP contribution in [0.2, 0.25) is 0 Å². The average molecular weight is 542 g/mol. The molecule has 0 radical (unpaired) electrons. The highest BCUT2D eigenvalue weighted by Crippen LogP contribution is 2.35. The summed E-state index contributed by atoms with van der Waals surface area (Å²) in [5.74, 6) is -0.332. The van der Waals surface area contributed by atoms with Crippen molar-refractivity contribution >= 4 is 34.3 Å². The van der Waals surface area contributed by atoms with Crippen molar-refractivity contribution in [3.05, 3.63) is 83.9 Å². The van der Waals surface area contributed by atoms with Gasteiger partial charge < -0.3 is 10.1 Å². The minimum atomic E-state index is -1.07. The number of carbonyl (C=O) groups is 3. The second-order valence-corrected chi connectivity index (χ2v) is 10.2. The van der Waals surface area contributed by atoms with Crippen molar-refractivity contribution in [2.45, 2.75) is 59.2 Å². The summed E-state index contributed by atoms with van der Waals surface area (Å²) < 4.78 is 7.44. The Labute approximate surface area is 234 Å². The fraction of sp³-hybridized carbons (Fsp3) is 0.323. The van der Waals surface area contributed by atoms with Crippen LogP contribution in [0.25, 0.3) is 11.0 Å². The van der Waals surface area contributed by atoms with Crippen LogP contribution in [0.5, 0.6) is 5.75 Å². The second kappa shape index (κ2) is 12.1. The van der Waals surface area contributed by atoms with E-state index in [0.29, 0.717) is 46.6 Å². The zero-order valence-electron chi connectivity index (χ0n) is 23.5. The molecule has 1 aromatic heterocycles. The van der Waals surface area contributed by atoms with Crippen LogP contribution in [0.3, 0.4) is 0 Å². The minimum absolute atomic E-state index is 0.0980. The predicted octanol–water partition coefficient (Wildman–Crippen LogP) is 5.11. The Kier molecular flexibility index (Phi) is 8.62. The number of amides is 2. The fourth-order valence-corrected chi connectivity index (χ4v) is 4.41. The molecular formula is C31H35N5O4. The number of Topliss-reactive ketones (excluding diaryl/α,β-unsaturated/α-hetero) is 1. The lowest BCUT2D eigenvalue weighted by Gasteiger charge is -2.35. The number of rotatable bonds is 11. The minimum Gasteiger partial charge on any atom is -0.493 e. The van der Waals surface area contributed by atoms with Gasteiger partial charge in [-0.05, 0) is 76.6 Å². The normalized spacial score (nSPS) is 12.1. The van der Waals surface area contributed by atoms with Gasteiger partial charge in [-0.25, -0.2) is 4.68 Å². The molecule has 0 saturated carbocycles. The number of nitrogens with one attached hydrogen (secondary N) is 1. The first kappa shape index (κ1) is 28.5. The van der Waals surface area contributed by atoms with Gasteiger partial charge in [0.15, 0.2) is 5.78 Å². The molecule has 9 nitrogen and oxygen atoms in total. The van der Waals surface area contributed by atoms with Crippen molar-refractivity contribution in [1.82, 2.24) is 20.3 Å². The van der Waals surface area contributed by atoms with Gasteiger partial charge in [0.1, 0.15) is 23.9 Å². The van der Waals surface area contributed by atoms with Gasteiger partial charge in [-0.2, -0.15) is 0 Å². The molecular weight excluding hydrogens is 506 g/mol. The molecule has 208 valence electrons. The molecule has 1 N–H and O–H groups in total. The van der Waals surface area contributed by atoms with Crippen LogP contribution in [-0.2, 0) is 16.1 Å². The number of anilines is 1. The SMILES string of the molecule is CCOc1ccccc1[C@@H](C(=O)NC(C)(C)CC)N(C(=O)Cn1nnc2ccccc21)c1ccc(C(C)=O)cc1. The van der Waals surface area contributed by atoms with Crippen molar-refractivity contribution in [2.24, 2.45) is 0 Å². The van der Waals surface area contributed by atoms with E-state index in [0.717, 1.165) is 0 Å². The molecule has 0 aliphatic heterocycles. The van der Waals surface area contributed by atoms with E-state index in [9.17, 15) is 14.4 Å². The number of nitrogens with zero attached hydrogens (tertiary/aromatic N) is 4. The highest BCUT2D eigenvalue weighted by molar-refractivity contribution is 6.02. The van der Waals surface area contributed by atoms with Gasteiger partial charge in [-0.15, -0.1) is 5.10 Å². The largest absolute Gasteiger partial charge is 0.493 e. The number of benzene rings is 3. The first-order valence-corrected chi connectivity index (χ1v) is 13.4. The van der Waals surface area contributed by atoms with Gasteiger partial charge in [0.05, 0.1) is 12.1 Å². The van der Waals surface area contributed by atoms with Gasteiger partial charge in [0.2, 0.25) is 11.8 Å². The van der Waals surface area contributed by atoms with Crippen LogP contribution in [0.1, 0.15) is 63.0 Å². The predicted molar refractivity (Wildman–Crippen MR) is 154 cm³/mol. The first-order chi connectivity index (χ1) is 19.1. The van der Waals surface area contributed by atoms with Crippen LogP contribution < -0.4 is 15.0 Å². The van der Waals surface area contributed by atoms with Crippen molar-refractivity contribution in [1.29, 1.82) is 0 Å². The monoisotopic (exact) mass is 541 g/mol. The number of ether oxygens (including phenoxy) is 1. The molecule has 0 spiro atoms. The molecule has 4 rings (SSSR count). The van der Waals surface area contributed by atoms with E-state index < -0.39 is 11.6 Å². The third kappa shape index (κ3) is 6.20. The van der Waals surface area contributed by atoms with Gasteiger partial charge >= 0.3 is 0 Å². The Morgan fingerprint density at radius 3 is 2.33 bits per heavy atom.